The van der Waals surface area contributed by atoms with Gasteiger partial charge in [0.25, 0.3) is 0 Å². The Labute approximate surface area is 203 Å². The molecule has 3 aliphatic rings. The first kappa shape index (κ1) is 24.9. The molecule has 4 rings (SSSR count). The molecule has 2 unspecified atom stereocenters. The van der Waals surface area contributed by atoms with Crippen molar-refractivity contribution in [2.45, 2.75) is 57.8 Å². The molecule has 3 fully saturated rings. The monoisotopic (exact) mass is 472 g/mol. The van der Waals surface area contributed by atoms with Crippen molar-refractivity contribution in [3.8, 4) is 0 Å². The highest BCUT2D eigenvalue weighted by Gasteiger charge is 2.42. The van der Waals surface area contributed by atoms with Crippen LogP contribution < -0.4 is 0 Å². The van der Waals surface area contributed by atoms with Gasteiger partial charge in [0.05, 0.1) is 6.04 Å². The predicted octanol–water partition coefficient (Wildman–Crippen LogP) is 2.94. The number of carboxylic acid groups (broad SMARTS) is 1. The number of carboxylic acids is 1. The molecule has 8 nitrogen and oxygen atoms in total. The summed E-state index contributed by atoms with van der Waals surface area (Å²) in [6, 6.07) is 10.7. The molecular weight excluding hydrogens is 432 g/mol. The summed E-state index contributed by atoms with van der Waals surface area (Å²) in [4.78, 5) is 32.4. The summed E-state index contributed by atoms with van der Waals surface area (Å²) in [5.74, 6) is -0.0661. The van der Waals surface area contributed by atoms with E-state index in [1.54, 1.807) is 0 Å². The van der Waals surface area contributed by atoms with E-state index in [2.05, 4.69) is 52.0 Å². The van der Waals surface area contributed by atoms with Gasteiger partial charge < -0.3 is 19.6 Å². The standard InChI is InChI=1S/C26H40N4O4/c1-21-25(29-18-16-27(17-19-29)12-5-8-24(31)32)34-26(33)30(21)15-11-22-9-13-28(14-10-22)20-23-6-3-2-4-7-23/h2-4,6-7,21-22,25H,5,8-20H2,1H3,(H,31,32). The van der Waals surface area contributed by atoms with Crippen LogP contribution in [0, 0.1) is 5.92 Å². The van der Waals surface area contributed by atoms with Gasteiger partial charge in [-0.2, -0.15) is 0 Å². The van der Waals surface area contributed by atoms with E-state index in [0.29, 0.717) is 12.3 Å². The third kappa shape index (κ3) is 6.71. The molecule has 0 aliphatic carbocycles. The number of carbonyl (C=O) groups excluding carboxylic acids is 1. The van der Waals surface area contributed by atoms with Crippen molar-refractivity contribution in [2.24, 2.45) is 5.92 Å². The molecular formula is C26H40N4O4. The average Bonchev–Trinajstić information content (AvgIpc) is 3.12. The summed E-state index contributed by atoms with van der Waals surface area (Å²) < 4.78 is 5.81. The van der Waals surface area contributed by atoms with Crippen molar-refractivity contribution >= 4 is 12.1 Å². The Balaban J connectivity index is 1.16. The topological polar surface area (TPSA) is 76.6 Å². The van der Waals surface area contributed by atoms with Gasteiger partial charge >= 0.3 is 12.1 Å². The number of aliphatic carboxylic acids is 1. The Morgan fingerprint density at radius 2 is 1.71 bits per heavy atom. The fourth-order valence-electron chi connectivity index (χ4n) is 5.56. The lowest BCUT2D eigenvalue weighted by atomic mass is 9.93. The van der Waals surface area contributed by atoms with Gasteiger partial charge in [-0.3, -0.25) is 14.6 Å². The number of nitrogens with zero attached hydrogens (tertiary/aromatic N) is 4. The Morgan fingerprint density at radius 3 is 2.38 bits per heavy atom. The Morgan fingerprint density at radius 1 is 1.00 bits per heavy atom. The van der Waals surface area contributed by atoms with E-state index in [4.69, 9.17) is 9.84 Å². The zero-order valence-electron chi connectivity index (χ0n) is 20.5. The number of ether oxygens (including phenoxy) is 1. The maximum absolute atomic E-state index is 12.6. The first-order valence-electron chi connectivity index (χ1n) is 12.9. The van der Waals surface area contributed by atoms with Crippen LogP contribution >= 0.6 is 0 Å². The molecule has 1 aromatic carbocycles. The van der Waals surface area contributed by atoms with Crippen LogP contribution in [0.15, 0.2) is 30.3 Å². The Hall–Kier alpha value is -2.16. The molecule has 2 atom stereocenters. The molecule has 8 heteroatoms. The van der Waals surface area contributed by atoms with Gasteiger partial charge in [0.1, 0.15) is 0 Å². The van der Waals surface area contributed by atoms with Gasteiger partial charge in [0, 0.05) is 45.7 Å². The number of cyclic esters (lactones) is 1. The van der Waals surface area contributed by atoms with Crippen molar-refractivity contribution in [1.29, 1.82) is 0 Å². The summed E-state index contributed by atoms with van der Waals surface area (Å²) in [6.45, 7) is 10.5. The Kier molecular flexibility index (Phi) is 8.80. The number of amides is 1. The quantitative estimate of drug-likeness (QED) is 0.561. The highest BCUT2D eigenvalue weighted by Crippen LogP contribution is 2.27. The van der Waals surface area contributed by atoms with Crippen LogP contribution in [0.3, 0.4) is 0 Å². The summed E-state index contributed by atoms with van der Waals surface area (Å²) in [5.41, 5.74) is 1.38. The molecule has 34 heavy (non-hydrogen) atoms. The zero-order chi connectivity index (χ0) is 23.9. The first-order valence-corrected chi connectivity index (χ1v) is 12.9. The minimum absolute atomic E-state index is 0.0595. The van der Waals surface area contributed by atoms with Gasteiger partial charge in [-0.05, 0) is 63.7 Å². The summed E-state index contributed by atoms with van der Waals surface area (Å²) in [6.07, 6.45) is 3.98. The highest BCUT2D eigenvalue weighted by atomic mass is 16.6. The van der Waals surface area contributed by atoms with E-state index in [1.165, 1.54) is 18.4 Å². The number of carbonyl (C=O) groups is 2. The normalized spacial score (nSPS) is 25.6. The van der Waals surface area contributed by atoms with Gasteiger partial charge in [-0.25, -0.2) is 4.79 Å². The summed E-state index contributed by atoms with van der Waals surface area (Å²) in [5, 5.41) is 8.82. The number of likely N-dealkylation sites (tertiary alicyclic amines) is 1. The van der Waals surface area contributed by atoms with E-state index < -0.39 is 5.97 Å². The minimum atomic E-state index is -0.733. The van der Waals surface area contributed by atoms with Crippen molar-refractivity contribution in [3.63, 3.8) is 0 Å². The zero-order valence-corrected chi connectivity index (χ0v) is 20.5. The van der Waals surface area contributed by atoms with Gasteiger partial charge in [0.15, 0.2) is 6.23 Å². The molecule has 1 N–H and O–H groups in total. The first-order chi connectivity index (χ1) is 16.5. The van der Waals surface area contributed by atoms with Gasteiger partial charge in [-0.1, -0.05) is 30.3 Å². The van der Waals surface area contributed by atoms with Crippen molar-refractivity contribution < 1.29 is 19.4 Å². The molecule has 0 bridgehead atoms. The largest absolute Gasteiger partial charge is 0.481 e. The smallest absolute Gasteiger partial charge is 0.411 e. The Bertz CT molecular complexity index is 791. The fourth-order valence-corrected chi connectivity index (χ4v) is 5.56. The number of benzene rings is 1. The number of piperazine rings is 1. The molecule has 0 spiro atoms. The van der Waals surface area contributed by atoms with E-state index in [-0.39, 0.29) is 24.8 Å². The molecule has 1 amide bonds. The minimum Gasteiger partial charge on any atom is -0.481 e. The second kappa shape index (κ2) is 12.0. The summed E-state index contributed by atoms with van der Waals surface area (Å²) in [7, 11) is 0. The van der Waals surface area contributed by atoms with Crippen LogP contribution in [0.1, 0.15) is 44.6 Å². The lowest BCUT2D eigenvalue weighted by Crippen LogP contribution is -2.53. The molecule has 3 heterocycles. The van der Waals surface area contributed by atoms with Crippen LogP contribution in [0.4, 0.5) is 4.79 Å². The lowest BCUT2D eigenvalue weighted by molar-refractivity contribution is -0.137. The maximum Gasteiger partial charge on any atom is 0.411 e. The molecule has 0 saturated carbocycles. The molecule has 0 radical (unpaired) electrons. The van der Waals surface area contributed by atoms with Crippen LogP contribution in [-0.4, -0.2) is 101 Å². The predicted molar refractivity (Wildman–Crippen MR) is 130 cm³/mol. The highest BCUT2D eigenvalue weighted by molar-refractivity contribution is 5.70. The number of hydrogen-bond acceptors (Lipinski definition) is 6. The van der Waals surface area contributed by atoms with Crippen LogP contribution in [0.2, 0.25) is 0 Å². The lowest BCUT2D eigenvalue weighted by Gasteiger charge is -2.38. The van der Waals surface area contributed by atoms with Crippen molar-refractivity contribution in [3.05, 3.63) is 35.9 Å². The second-order valence-electron chi connectivity index (χ2n) is 10.1. The molecule has 1 aromatic rings. The third-order valence-electron chi connectivity index (χ3n) is 7.73. The molecule has 3 saturated heterocycles. The van der Waals surface area contributed by atoms with Crippen LogP contribution in [0.5, 0.6) is 0 Å². The molecule has 3 aliphatic heterocycles. The SMILES string of the molecule is CC1C(N2CCN(CCCC(=O)O)CC2)OC(=O)N1CCC1CCN(Cc2ccccc2)CC1. The second-order valence-corrected chi connectivity index (χ2v) is 10.1. The van der Waals surface area contributed by atoms with E-state index in [1.807, 2.05) is 4.90 Å². The third-order valence-corrected chi connectivity index (χ3v) is 7.73. The molecule has 0 aromatic heterocycles. The molecule has 188 valence electrons. The summed E-state index contributed by atoms with van der Waals surface area (Å²) >= 11 is 0. The van der Waals surface area contributed by atoms with Crippen LogP contribution in [-0.2, 0) is 16.1 Å². The number of piperidine rings is 1. The van der Waals surface area contributed by atoms with Crippen molar-refractivity contribution in [2.75, 3.05) is 52.4 Å². The maximum atomic E-state index is 12.6. The van der Waals surface area contributed by atoms with E-state index in [0.717, 1.165) is 65.3 Å². The fraction of sp³-hybridized carbons (Fsp3) is 0.692. The van der Waals surface area contributed by atoms with E-state index in [9.17, 15) is 9.59 Å². The number of rotatable bonds is 10. The van der Waals surface area contributed by atoms with Crippen LogP contribution in [0.25, 0.3) is 0 Å². The van der Waals surface area contributed by atoms with E-state index >= 15 is 0 Å². The van der Waals surface area contributed by atoms with Gasteiger partial charge in [0.2, 0.25) is 0 Å². The average molecular weight is 473 g/mol. The number of hydrogen-bond donors (Lipinski definition) is 1. The van der Waals surface area contributed by atoms with Crippen molar-refractivity contribution in [1.82, 2.24) is 19.6 Å². The van der Waals surface area contributed by atoms with Gasteiger partial charge in [-0.15, -0.1) is 0 Å².